The van der Waals surface area contributed by atoms with Crippen molar-refractivity contribution in [3.05, 3.63) is 57.9 Å². The Balaban J connectivity index is 1.76. The number of thiazole rings is 1. The summed E-state index contributed by atoms with van der Waals surface area (Å²) in [5.74, 6) is -0.0539. The molecule has 0 spiro atoms. The van der Waals surface area contributed by atoms with E-state index in [1.807, 2.05) is 30.5 Å². The van der Waals surface area contributed by atoms with E-state index in [4.69, 9.17) is 4.42 Å². The van der Waals surface area contributed by atoms with E-state index in [1.54, 1.807) is 23.5 Å². The number of carbonyl (C=O) groups is 2. The van der Waals surface area contributed by atoms with Gasteiger partial charge in [0.2, 0.25) is 11.8 Å². The number of rotatable bonds is 6. The molecule has 2 heterocycles. The zero-order chi connectivity index (χ0) is 19.2. The number of aryl methyl sites for hydroxylation is 1. The topological polar surface area (TPSA) is 110 Å². The first-order valence-electron chi connectivity index (χ1n) is 8.02. The van der Waals surface area contributed by atoms with Gasteiger partial charge in [0, 0.05) is 12.4 Å². The highest BCUT2D eigenvalue weighted by Crippen LogP contribution is 2.34. The van der Waals surface area contributed by atoms with E-state index in [2.05, 4.69) is 25.8 Å². The lowest BCUT2D eigenvalue weighted by Gasteiger charge is -2.14. The third-order valence-electron chi connectivity index (χ3n) is 3.47. The first kappa shape index (κ1) is 19.1. The molecule has 0 aliphatic heterocycles. The van der Waals surface area contributed by atoms with Crippen molar-refractivity contribution in [3.8, 4) is 0 Å². The number of nitrogens with zero attached hydrogens (tertiary/aromatic N) is 3. The van der Waals surface area contributed by atoms with E-state index in [-0.39, 0.29) is 5.22 Å². The molecule has 3 aromatic rings. The predicted octanol–water partition coefficient (Wildman–Crippen LogP) is 2.71. The molecule has 10 heteroatoms. The van der Waals surface area contributed by atoms with Crippen LogP contribution in [0.1, 0.15) is 27.4 Å². The van der Waals surface area contributed by atoms with E-state index in [1.165, 1.54) is 7.05 Å². The Bertz CT molecular complexity index is 926. The zero-order valence-electron chi connectivity index (χ0n) is 14.6. The van der Waals surface area contributed by atoms with E-state index in [0.717, 1.165) is 28.0 Å². The summed E-state index contributed by atoms with van der Waals surface area (Å²) in [6.07, 6.45) is 0.429. The number of nitrogens with one attached hydrogen (secondary N) is 2. The summed E-state index contributed by atoms with van der Waals surface area (Å²) in [5, 5.41) is 15.1. The maximum Gasteiger partial charge on any atom is 0.321 e. The molecule has 0 unspecified atom stereocenters. The van der Waals surface area contributed by atoms with E-state index < -0.39 is 17.2 Å². The van der Waals surface area contributed by atoms with Crippen LogP contribution in [0.3, 0.4) is 0 Å². The fourth-order valence-electron chi connectivity index (χ4n) is 2.24. The molecule has 0 fully saturated rings. The van der Waals surface area contributed by atoms with Gasteiger partial charge in [0.25, 0.3) is 5.22 Å². The highest BCUT2D eigenvalue weighted by molar-refractivity contribution is 8.00. The van der Waals surface area contributed by atoms with Gasteiger partial charge in [-0.25, -0.2) is 9.78 Å². The number of amides is 3. The number of carbonyl (C=O) groups excluding carboxylic acids is 2. The minimum Gasteiger partial charge on any atom is -0.416 e. The number of urea groups is 1. The van der Waals surface area contributed by atoms with Crippen molar-refractivity contribution in [2.45, 2.75) is 23.8 Å². The number of hydrogen-bond donors (Lipinski definition) is 2. The summed E-state index contributed by atoms with van der Waals surface area (Å²) in [7, 11) is 1.44. The Morgan fingerprint density at radius 2 is 2.04 bits per heavy atom. The van der Waals surface area contributed by atoms with E-state index >= 15 is 0 Å². The molecule has 0 saturated carbocycles. The largest absolute Gasteiger partial charge is 0.416 e. The van der Waals surface area contributed by atoms with Gasteiger partial charge in [-0.1, -0.05) is 30.3 Å². The molecular formula is C17H17N5O3S2. The number of thioether (sulfide) groups is 1. The zero-order valence-corrected chi connectivity index (χ0v) is 16.3. The van der Waals surface area contributed by atoms with Crippen molar-refractivity contribution < 1.29 is 14.0 Å². The lowest BCUT2D eigenvalue weighted by atomic mass is 10.1. The number of benzene rings is 1. The van der Waals surface area contributed by atoms with Crippen molar-refractivity contribution in [1.29, 1.82) is 0 Å². The third kappa shape index (κ3) is 5.14. The fraction of sp³-hybridized carbons (Fsp3) is 0.235. The van der Waals surface area contributed by atoms with Gasteiger partial charge in [0.05, 0.1) is 17.1 Å². The molecule has 1 aromatic carbocycles. The smallest absolute Gasteiger partial charge is 0.321 e. The van der Waals surface area contributed by atoms with Crippen LogP contribution >= 0.6 is 23.1 Å². The average molecular weight is 403 g/mol. The second kappa shape index (κ2) is 8.78. The molecule has 3 amide bonds. The molecule has 2 aromatic heterocycles. The Morgan fingerprint density at radius 1 is 1.26 bits per heavy atom. The third-order valence-corrected chi connectivity index (χ3v) is 5.38. The molecule has 0 aliphatic rings. The van der Waals surface area contributed by atoms with E-state index in [0.29, 0.717) is 12.3 Å². The predicted molar refractivity (Wildman–Crippen MR) is 102 cm³/mol. The Morgan fingerprint density at radius 3 is 2.70 bits per heavy atom. The van der Waals surface area contributed by atoms with Crippen LogP contribution in [-0.2, 0) is 11.2 Å². The summed E-state index contributed by atoms with van der Waals surface area (Å²) in [6.45, 7) is 1.93. The van der Waals surface area contributed by atoms with Crippen molar-refractivity contribution >= 4 is 35.0 Å². The van der Waals surface area contributed by atoms with Crippen LogP contribution in [0, 0.1) is 6.92 Å². The molecule has 2 N–H and O–H groups in total. The van der Waals surface area contributed by atoms with Crippen molar-refractivity contribution in [2.75, 3.05) is 7.05 Å². The number of hydrogen-bond acceptors (Lipinski definition) is 8. The van der Waals surface area contributed by atoms with Crippen LogP contribution in [0.25, 0.3) is 0 Å². The second-order valence-electron chi connectivity index (χ2n) is 5.47. The van der Waals surface area contributed by atoms with Gasteiger partial charge >= 0.3 is 6.03 Å². The van der Waals surface area contributed by atoms with Gasteiger partial charge in [-0.05, 0) is 24.2 Å². The molecule has 8 nitrogen and oxygen atoms in total. The average Bonchev–Trinajstić information content (AvgIpc) is 3.29. The number of aromatic nitrogens is 3. The highest BCUT2D eigenvalue weighted by Gasteiger charge is 2.26. The lowest BCUT2D eigenvalue weighted by molar-refractivity contribution is -0.119. The summed E-state index contributed by atoms with van der Waals surface area (Å²) >= 11 is 2.64. The second-order valence-corrected chi connectivity index (χ2v) is 7.59. The summed E-state index contributed by atoms with van der Waals surface area (Å²) in [6, 6.07) is 8.52. The molecule has 140 valence electrons. The SMILES string of the molecule is CNC(=O)NC(=O)[C@H](Sc1nnc(Cc2csc(C)n2)o1)c1ccccc1. The molecular weight excluding hydrogens is 386 g/mol. The molecule has 0 radical (unpaired) electrons. The van der Waals surface area contributed by atoms with Gasteiger partial charge in [-0.3, -0.25) is 10.1 Å². The Hall–Kier alpha value is -2.72. The van der Waals surface area contributed by atoms with Crippen LogP contribution < -0.4 is 10.6 Å². The van der Waals surface area contributed by atoms with E-state index in [9.17, 15) is 9.59 Å². The molecule has 0 bridgehead atoms. The van der Waals surface area contributed by atoms with Crippen LogP contribution in [0.15, 0.2) is 45.4 Å². The minimum atomic E-state index is -0.710. The first-order valence-corrected chi connectivity index (χ1v) is 9.78. The molecule has 27 heavy (non-hydrogen) atoms. The summed E-state index contributed by atoms with van der Waals surface area (Å²) < 4.78 is 5.66. The van der Waals surface area contributed by atoms with Gasteiger partial charge in [-0.15, -0.1) is 21.5 Å². The number of imide groups is 1. The first-order chi connectivity index (χ1) is 13.0. The van der Waals surface area contributed by atoms with Crippen LogP contribution in [0.4, 0.5) is 4.79 Å². The van der Waals surface area contributed by atoms with Crippen molar-refractivity contribution in [2.24, 2.45) is 0 Å². The van der Waals surface area contributed by atoms with Gasteiger partial charge in [0.15, 0.2) is 0 Å². The van der Waals surface area contributed by atoms with Gasteiger partial charge < -0.3 is 9.73 Å². The normalized spacial score (nSPS) is 11.8. The van der Waals surface area contributed by atoms with Gasteiger partial charge in [0.1, 0.15) is 5.25 Å². The standard InChI is InChI=1S/C17H17N5O3S2/c1-10-19-12(9-26-10)8-13-21-22-17(25-13)27-14(11-6-4-3-5-7-11)15(23)20-16(24)18-2/h3-7,9,14H,8H2,1-2H3,(H2,18,20,23,24)/t14-/m1/s1. The van der Waals surface area contributed by atoms with Crippen molar-refractivity contribution in [3.63, 3.8) is 0 Å². The fourth-order valence-corrected chi connectivity index (χ4v) is 3.75. The Kier molecular flexibility index (Phi) is 6.20. The molecule has 1 atom stereocenters. The monoisotopic (exact) mass is 403 g/mol. The molecule has 0 saturated heterocycles. The lowest BCUT2D eigenvalue weighted by Crippen LogP contribution is -2.39. The minimum absolute atomic E-state index is 0.248. The van der Waals surface area contributed by atoms with Crippen LogP contribution in [0.2, 0.25) is 0 Å². The maximum atomic E-state index is 12.5. The van der Waals surface area contributed by atoms with Gasteiger partial charge in [-0.2, -0.15) is 0 Å². The summed E-state index contributed by atoms with van der Waals surface area (Å²) in [5.41, 5.74) is 1.58. The van der Waals surface area contributed by atoms with Crippen molar-refractivity contribution in [1.82, 2.24) is 25.8 Å². The maximum absolute atomic E-state index is 12.5. The van der Waals surface area contributed by atoms with Crippen LogP contribution in [0.5, 0.6) is 0 Å². The quantitative estimate of drug-likeness (QED) is 0.609. The van der Waals surface area contributed by atoms with Crippen LogP contribution in [-0.4, -0.2) is 34.2 Å². The highest BCUT2D eigenvalue weighted by atomic mass is 32.2. The molecule has 3 rings (SSSR count). The molecule has 0 aliphatic carbocycles. The summed E-state index contributed by atoms with van der Waals surface area (Å²) in [4.78, 5) is 28.4. The Labute approximate surface area is 163 Å².